The van der Waals surface area contributed by atoms with Gasteiger partial charge in [-0.3, -0.25) is 9.69 Å². The maximum absolute atomic E-state index is 11.8. The molecule has 0 saturated carbocycles. The summed E-state index contributed by atoms with van der Waals surface area (Å²) in [5.74, 6) is -0.457. The van der Waals surface area contributed by atoms with Crippen LogP contribution in [0.1, 0.15) is 27.7 Å². The number of rotatable bonds is 2. The van der Waals surface area contributed by atoms with Gasteiger partial charge in [0.15, 0.2) is 6.23 Å². The van der Waals surface area contributed by atoms with E-state index in [9.17, 15) is 9.59 Å². The average molecular weight is 242 g/mol. The fraction of sp³-hybridized carbons (Fsp3) is 0.833. The Labute approximate surface area is 103 Å². The van der Waals surface area contributed by atoms with Crippen LogP contribution in [0.5, 0.6) is 0 Å². The highest BCUT2D eigenvalue weighted by atomic mass is 16.6. The number of hydrogen-bond acceptors (Lipinski definition) is 3. The van der Waals surface area contributed by atoms with Crippen LogP contribution in [-0.2, 0) is 9.53 Å². The Bertz CT molecular complexity index is 326. The molecule has 1 unspecified atom stereocenters. The van der Waals surface area contributed by atoms with Crippen molar-refractivity contribution in [3.63, 3.8) is 0 Å². The Morgan fingerprint density at radius 2 is 1.94 bits per heavy atom. The topological polar surface area (TPSA) is 49.9 Å². The second kappa shape index (κ2) is 4.55. The van der Waals surface area contributed by atoms with Gasteiger partial charge >= 0.3 is 12.0 Å². The molecule has 5 heteroatoms. The van der Waals surface area contributed by atoms with Crippen LogP contribution in [0.4, 0.5) is 4.79 Å². The summed E-state index contributed by atoms with van der Waals surface area (Å²) >= 11 is 0. The number of ether oxygens (including phenoxy) is 1. The van der Waals surface area contributed by atoms with Gasteiger partial charge in [-0.15, -0.1) is 0 Å². The smallest absolute Gasteiger partial charge is 0.322 e. The van der Waals surface area contributed by atoms with E-state index in [4.69, 9.17) is 4.74 Å². The van der Waals surface area contributed by atoms with Crippen LogP contribution in [0, 0.1) is 11.3 Å². The summed E-state index contributed by atoms with van der Waals surface area (Å²) in [6.45, 7) is 8.12. The first-order chi connectivity index (χ1) is 7.66. The molecular formula is C12H22N2O3. The lowest BCUT2D eigenvalue weighted by molar-refractivity contribution is -0.176. The zero-order chi connectivity index (χ0) is 13.4. The van der Waals surface area contributed by atoms with Crippen molar-refractivity contribution >= 4 is 12.0 Å². The highest BCUT2D eigenvalue weighted by molar-refractivity contribution is 5.76. The second-order valence-corrected chi connectivity index (χ2v) is 5.68. The third-order valence-corrected chi connectivity index (χ3v) is 2.99. The summed E-state index contributed by atoms with van der Waals surface area (Å²) in [6, 6.07) is -0.120. The summed E-state index contributed by atoms with van der Waals surface area (Å²) in [6.07, 6.45) is -0.499. The van der Waals surface area contributed by atoms with Gasteiger partial charge in [0.25, 0.3) is 0 Å². The predicted molar refractivity (Wildman–Crippen MR) is 64.3 cm³/mol. The lowest BCUT2D eigenvalue weighted by Crippen LogP contribution is -2.61. The van der Waals surface area contributed by atoms with Crippen LogP contribution in [0.3, 0.4) is 0 Å². The molecule has 1 heterocycles. The summed E-state index contributed by atoms with van der Waals surface area (Å²) < 4.78 is 5.44. The molecule has 0 aliphatic carbocycles. The highest BCUT2D eigenvalue weighted by Gasteiger charge is 2.44. The van der Waals surface area contributed by atoms with E-state index >= 15 is 0 Å². The first-order valence-electron chi connectivity index (χ1n) is 5.85. The summed E-state index contributed by atoms with van der Waals surface area (Å²) in [5.41, 5.74) is -0.276. The molecule has 1 aliphatic heterocycles. The number of hydrogen-bond donors (Lipinski definition) is 0. The van der Waals surface area contributed by atoms with E-state index in [2.05, 4.69) is 0 Å². The molecule has 1 aliphatic rings. The van der Waals surface area contributed by atoms with Crippen molar-refractivity contribution in [3.8, 4) is 0 Å². The average Bonchev–Trinajstić information content (AvgIpc) is 2.20. The molecule has 5 nitrogen and oxygen atoms in total. The molecule has 1 rings (SSSR count). The van der Waals surface area contributed by atoms with Gasteiger partial charge in [0, 0.05) is 26.1 Å². The molecule has 0 aromatic carbocycles. The lowest BCUT2D eigenvalue weighted by Gasteiger charge is -2.47. The van der Waals surface area contributed by atoms with E-state index in [-0.39, 0.29) is 23.3 Å². The molecule has 0 bridgehead atoms. The van der Waals surface area contributed by atoms with E-state index in [1.807, 2.05) is 13.8 Å². The molecule has 98 valence electrons. The van der Waals surface area contributed by atoms with Crippen LogP contribution < -0.4 is 0 Å². The minimum atomic E-state index is -0.499. The van der Waals surface area contributed by atoms with Crippen LogP contribution in [-0.4, -0.2) is 48.7 Å². The molecule has 0 spiro atoms. The normalized spacial score (nSPS) is 24.2. The van der Waals surface area contributed by atoms with E-state index in [0.717, 1.165) is 0 Å². The van der Waals surface area contributed by atoms with Crippen LogP contribution in [0.15, 0.2) is 0 Å². The fourth-order valence-corrected chi connectivity index (χ4v) is 2.14. The zero-order valence-electron chi connectivity index (χ0n) is 11.5. The van der Waals surface area contributed by atoms with Gasteiger partial charge in [-0.05, 0) is 0 Å². The number of amides is 2. The van der Waals surface area contributed by atoms with E-state index < -0.39 is 6.23 Å². The van der Waals surface area contributed by atoms with Gasteiger partial charge in [0.05, 0.1) is 5.92 Å². The standard InChI is InChI=1S/C12H22N2O3/c1-8(2)9(15)17-10-12(3,4)7-13(5)11(16)14(10)6/h8,10H,7H2,1-6H3. The molecule has 1 saturated heterocycles. The maximum Gasteiger partial charge on any atom is 0.322 e. The molecule has 17 heavy (non-hydrogen) atoms. The van der Waals surface area contributed by atoms with Crippen LogP contribution in [0.25, 0.3) is 0 Å². The Balaban J connectivity index is 2.87. The highest BCUT2D eigenvalue weighted by Crippen LogP contribution is 2.31. The zero-order valence-corrected chi connectivity index (χ0v) is 11.5. The fourth-order valence-electron chi connectivity index (χ4n) is 2.14. The number of nitrogens with zero attached hydrogens (tertiary/aromatic N) is 2. The minimum absolute atomic E-state index is 0.120. The maximum atomic E-state index is 11.8. The van der Waals surface area contributed by atoms with Crippen molar-refractivity contribution in [1.29, 1.82) is 0 Å². The Morgan fingerprint density at radius 1 is 1.41 bits per heavy atom. The lowest BCUT2D eigenvalue weighted by atomic mass is 9.88. The number of carbonyl (C=O) groups excluding carboxylic acids is 2. The SMILES string of the molecule is CC(C)C(=O)OC1N(C)C(=O)N(C)CC1(C)C. The molecule has 0 radical (unpaired) electrons. The van der Waals surface area contributed by atoms with Crippen molar-refractivity contribution in [1.82, 2.24) is 9.80 Å². The molecule has 1 fully saturated rings. The largest absolute Gasteiger partial charge is 0.441 e. The van der Waals surface area contributed by atoms with Crippen molar-refractivity contribution in [3.05, 3.63) is 0 Å². The van der Waals surface area contributed by atoms with Crippen molar-refractivity contribution in [2.75, 3.05) is 20.6 Å². The summed E-state index contributed by atoms with van der Waals surface area (Å²) in [5, 5.41) is 0. The Hall–Kier alpha value is -1.26. The summed E-state index contributed by atoms with van der Waals surface area (Å²) in [7, 11) is 3.42. The number of carbonyl (C=O) groups is 2. The third-order valence-electron chi connectivity index (χ3n) is 2.99. The second-order valence-electron chi connectivity index (χ2n) is 5.68. The first kappa shape index (κ1) is 13.8. The van der Waals surface area contributed by atoms with E-state index in [1.54, 1.807) is 32.8 Å². The number of esters is 1. The van der Waals surface area contributed by atoms with Crippen LogP contribution >= 0.6 is 0 Å². The van der Waals surface area contributed by atoms with Gasteiger partial charge in [-0.2, -0.15) is 0 Å². The van der Waals surface area contributed by atoms with Gasteiger partial charge in [-0.25, -0.2) is 4.79 Å². The third kappa shape index (κ3) is 2.70. The summed E-state index contributed by atoms with van der Waals surface area (Å²) in [4.78, 5) is 26.6. The molecule has 2 amide bonds. The van der Waals surface area contributed by atoms with E-state index in [1.165, 1.54) is 4.90 Å². The van der Waals surface area contributed by atoms with E-state index in [0.29, 0.717) is 6.54 Å². The molecule has 0 N–H and O–H groups in total. The van der Waals surface area contributed by atoms with Crippen molar-refractivity contribution < 1.29 is 14.3 Å². The number of urea groups is 1. The van der Waals surface area contributed by atoms with Gasteiger partial charge in [0.2, 0.25) is 0 Å². The molecule has 1 atom stereocenters. The quantitative estimate of drug-likeness (QED) is 0.690. The van der Waals surface area contributed by atoms with Crippen molar-refractivity contribution in [2.45, 2.75) is 33.9 Å². The van der Waals surface area contributed by atoms with Crippen LogP contribution in [0.2, 0.25) is 0 Å². The molecular weight excluding hydrogens is 220 g/mol. The van der Waals surface area contributed by atoms with Gasteiger partial charge < -0.3 is 9.64 Å². The van der Waals surface area contributed by atoms with Crippen molar-refractivity contribution in [2.24, 2.45) is 11.3 Å². The molecule has 0 aromatic heterocycles. The minimum Gasteiger partial charge on any atom is -0.441 e. The Kier molecular flexibility index (Phi) is 3.69. The van der Waals surface area contributed by atoms with Gasteiger partial charge in [0.1, 0.15) is 0 Å². The monoisotopic (exact) mass is 242 g/mol. The molecule has 0 aromatic rings. The Morgan fingerprint density at radius 3 is 2.41 bits per heavy atom. The predicted octanol–water partition coefficient (Wildman–Crippen LogP) is 1.54. The first-order valence-corrected chi connectivity index (χ1v) is 5.85. The van der Waals surface area contributed by atoms with Gasteiger partial charge in [-0.1, -0.05) is 27.7 Å².